The number of benzene rings is 1. The van der Waals surface area contributed by atoms with E-state index in [2.05, 4.69) is 63.5 Å². The van der Waals surface area contributed by atoms with Gasteiger partial charge < -0.3 is 15.4 Å². The van der Waals surface area contributed by atoms with Gasteiger partial charge >= 0.3 is 0 Å². The van der Waals surface area contributed by atoms with Crippen LogP contribution < -0.4 is 15.4 Å². The maximum atomic E-state index is 6.16. The van der Waals surface area contributed by atoms with Gasteiger partial charge in [-0.25, -0.2) is 4.99 Å². The van der Waals surface area contributed by atoms with Crippen LogP contribution in [0.15, 0.2) is 46.1 Å². The Hall–Kier alpha value is -2.05. The molecule has 5 nitrogen and oxygen atoms in total. The Bertz CT molecular complexity index is 795. The van der Waals surface area contributed by atoms with Crippen molar-refractivity contribution in [2.75, 3.05) is 19.6 Å². The highest BCUT2D eigenvalue weighted by Crippen LogP contribution is 2.28. The van der Waals surface area contributed by atoms with Crippen molar-refractivity contribution < 1.29 is 4.74 Å². The molecule has 2 aliphatic rings. The second kappa shape index (κ2) is 10.8. The van der Waals surface area contributed by atoms with E-state index in [9.17, 15) is 0 Å². The summed E-state index contributed by atoms with van der Waals surface area (Å²) in [5, 5.41) is 11.5. The number of thiophene rings is 1. The molecule has 4 rings (SSSR count). The quantitative estimate of drug-likeness (QED) is 0.485. The number of nitrogens with one attached hydrogen (secondary N) is 2. The van der Waals surface area contributed by atoms with Crippen LogP contribution in [0.5, 0.6) is 5.75 Å². The Morgan fingerprint density at radius 3 is 2.70 bits per heavy atom. The van der Waals surface area contributed by atoms with Crippen LogP contribution in [0.25, 0.3) is 0 Å². The lowest BCUT2D eigenvalue weighted by atomic mass is 9.96. The zero-order valence-electron chi connectivity index (χ0n) is 18.0. The van der Waals surface area contributed by atoms with Gasteiger partial charge in [0.15, 0.2) is 5.96 Å². The molecule has 2 N–H and O–H groups in total. The number of rotatable bonds is 8. The fourth-order valence-corrected chi connectivity index (χ4v) is 4.63. The van der Waals surface area contributed by atoms with E-state index < -0.39 is 0 Å². The number of hydrogen-bond acceptors (Lipinski definition) is 4. The van der Waals surface area contributed by atoms with Crippen LogP contribution >= 0.6 is 11.3 Å². The Kier molecular flexibility index (Phi) is 7.65. The van der Waals surface area contributed by atoms with Gasteiger partial charge in [0, 0.05) is 37.8 Å². The highest BCUT2D eigenvalue weighted by atomic mass is 32.1. The third-order valence-electron chi connectivity index (χ3n) is 5.98. The number of piperidine rings is 1. The lowest BCUT2D eigenvalue weighted by molar-refractivity contribution is 0.119. The number of hydrogen-bond donors (Lipinski definition) is 2. The minimum absolute atomic E-state index is 0.390. The summed E-state index contributed by atoms with van der Waals surface area (Å²) < 4.78 is 6.16. The summed E-state index contributed by atoms with van der Waals surface area (Å²) >= 11 is 1.78. The van der Waals surface area contributed by atoms with Crippen molar-refractivity contribution in [1.82, 2.24) is 15.5 Å². The highest BCUT2D eigenvalue weighted by molar-refractivity contribution is 7.07. The standard InChI is InChI=1S/C24H34N4OS/c1-2-25-24(26-16-20-6-3-4-9-23(20)29-22-7-5-8-22)27-21-10-13-28(14-11-21)17-19-12-15-30-18-19/h3-4,6,9,12,15,18,21-22H,2,5,7-8,10-11,13-14,16-17H2,1H3,(H2,25,26,27). The molecule has 0 spiro atoms. The lowest BCUT2D eigenvalue weighted by Crippen LogP contribution is -2.48. The van der Waals surface area contributed by atoms with Gasteiger partial charge in [0.2, 0.25) is 0 Å². The second-order valence-electron chi connectivity index (χ2n) is 8.30. The highest BCUT2D eigenvalue weighted by Gasteiger charge is 2.21. The molecule has 30 heavy (non-hydrogen) atoms. The van der Waals surface area contributed by atoms with Crippen LogP contribution in [0.2, 0.25) is 0 Å². The average molecular weight is 427 g/mol. The van der Waals surface area contributed by atoms with E-state index in [1.165, 1.54) is 24.8 Å². The van der Waals surface area contributed by atoms with Crippen LogP contribution in [-0.4, -0.2) is 42.6 Å². The molecular weight excluding hydrogens is 392 g/mol. The predicted octanol–water partition coefficient (Wildman–Crippen LogP) is 4.40. The van der Waals surface area contributed by atoms with Gasteiger partial charge in [-0.15, -0.1) is 0 Å². The molecular formula is C24H34N4OS. The number of nitrogens with zero attached hydrogens (tertiary/aromatic N) is 2. The van der Waals surface area contributed by atoms with E-state index in [4.69, 9.17) is 9.73 Å². The smallest absolute Gasteiger partial charge is 0.191 e. The zero-order valence-corrected chi connectivity index (χ0v) is 18.8. The van der Waals surface area contributed by atoms with Gasteiger partial charge in [-0.05, 0) is 67.5 Å². The fourth-order valence-electron chi connectivity index (χ4n) is 3.97. The zero-order chi connectivity index (χ0) is 20.6. The van der Waals surface area contributed by atoms with Gasteiger partial charge in [-0.1, -0.05) is 18.2 Å². The van der Waals surface area contributed by atoms with Gasteiger partial charge in [-0.2, -0.15) is 11.3 Å². The molecule has 1 aliphatic carbocycles. The van der Waals surface area contributed by atoms with E-state index in [1.807, 2.05) is 0 Å². The summed E-state index contributed by atoms with van der Waals surface area (Å²) in [5.41, 5.74) is 2.59. The predicted molar refractivity (Wildman–Crippen MR) is 125 cm³/mol. The largest absolute Gasteiger partial charge is 0.490 e. The maximum Gasteiger partial charge on any atom is 0.191 e. The van der Waals surface area contributed by atoms with Crippen LogP contribution in [0.4, 0.5) is 0 Å². The molecule has 2 heterocycles. The van der Waals surface area contributed by atoms with Gasteiger partial charge in [0.1, 0.15) is 5.75 Å². The van der Waals surface area contributed by atoms with Crippen molar-refractivity contribution in [2.24, 2.45) is 4.99 Å². The van der Waals surface area contributed by atoms with Crippen molar-refractivity contribution in [3.8, 4) is 5.75 Å². The first-order chi connectivity index (χ1) is 14.8. The molecule has 2 aromatic rings. The van der Waals surface area contributed by atoms with Gasteiger partial charge in [0.25, 0.3) is 0 Å². The van der Waals surface area contributed by atoms with Crippen molar-refractivity contribution in [3.63, 3.8) is 0 Å². The third-order valence-corrected chi connectivity index (χ3v) is 6.72. The minimum atomic E-state index is 0.390. The van der Waals surface area contributed by atoms with Crippen LogP contribution in [0.3, 0.4) is 0 Å². The SMILES string of the molecule is CCNC(=NCc1ccccc1OC1CCC1)NC1CCN(Cc2ccsc2)CC1. The molecule has 0 bridgehead atoms. The summed E-state index contributed by atoms with van der Waals surface area (Å²) in [6, 6.07) is 11.0. The molecule has 1 saturated carbocycles. The van der Waals surface area contributed by atoms with Crippen LogP contribution in [-0.2, 0) is 13.1 Å². The monoisotopic (exact) mass is 426 g/mol. The van der Waals surface area contributed by atoms with E-state index in [-0.39, 0.29) is 0 Å². The Labute approximate surface area is 184 Å². The fraction of sp³-hybridized carbons (Fsp3) is 0.542. The first-order valence-electron chi connectivity index (χ1n) is 11.3. The van der Waals surface area contributed by atoms with E-state index >= 15 is 0 Å². The molecule has 6 heteroatoms. The molecule has 0 amide bonds. The molecule has 0 atom stereocenters. The van der Waals surface area contributed by atoms with Crippen molar-refractivity contribution in [3.05, 3.63) is 52.2 Å². The number of guanidine groups is 1. The van der Waals surface area contributed by atoms with E-state index in [0.29, 0.717) is 18.7 Å². The minimum Gasteiger partial charge on any atom is -0.490 e. The Balaban J connectivity index is 1.30. The Morgan fingerprint density at radius 2 is 2.00 bits per heavy atom. The first kappa shape index (κ1) is 21.2. The maximum absolute atomic E-state index is 6.16. The van der Waals surface area contributed by atoms with Crippen molar-refractivity contribution in [2.45, 2.75) is 64.3 Å². The summed E-state index contributed by atoms with van der Waals surface area (Å²) in [6.07, 6.45) is 6.32. The van der Waals surface area contributed by atoms with E-state index in [1.54, 1.807) is 11.3 Å². The van der Waals surface area contributed by atoms with Gasteiger partial charge in [0.05, 0.1) is 12.6 Å². The summed E-state index contributed by atoms with van der Waals surface area (Å²) in [7, 11) is 0. The normalized spacial score (nSPS) is 18.8. The second-order valence-corrected chi connectivity index (χ2v) is 9.08. The molecule has 0 unspecified atom stereocenters. The molecule has 2 fully saturated rings. The number of para-hydroxylation sites is 1. The topological polar surface area (TPSA) is 48.9 Å². The van der Waals surface area contributed by atoms with Crippen LogP contribution in [0.1, 0.15) is 50.2 Å². The molecule has 0 radical (unpaired) electrons. The molecule has 1 aromatic carbocycles. The summed E-state index contributed by atoms with van der Waals surface area (Å²) in [6.45, 7) is 6.95. The molecule has 1 aliphatic heterocycles. The lowest BCUT2D eigenvalue weighted by Gasteiger charge is -2.33. The first-order valence-corrected chi connectivity index (χ1v) is 12.3. The van der Waals surface area contributed by atoms with Gasteiger partial charge in [-0.3, -0.25) is 4.90 Å². The average Bonchev–Trinajstić information content (AvgIpc) is 3.24. The summed E-state index contributed by atoms with van der Waals surface area (Å²) in [4.78, 5) is 7.43. The number of likely N-dealkylation sites (tertiary alicyclic amines) is 1. The third kappa shape index (κ3) is 5.99. The van der Waals surface area contributed by atoms with Crippen LogP contribution in [0, 0.1) is 0 Å². The molecule has 162 valence electrons. The number of ether oxygens (including phenoxy) is 1. The molecule has 1 aromatic heterocycles. The number of aliphatic imine (C=N–C) groups is 1. The van der Waals surface area contributed by atoms with E-state index in [0.717, 1.165) is 56.3 Å². The van der Waals surface area contributed by atoms with Crippen molar-refractivity contribution >= 4 is 17.3 Å². The summed E-state index contributed by atoms with van der Waals surface area (Å²) in [5.74, 6) is 1.90. The Morgan fingerprint density at radius 1 is 1.17 bits per heavy atom. The molecule has 1 saturated heterocycles. The van der Waals surface area contributed by atoms with Crippen molar-refractivity contribution in [1.29, 1.82) is 0 Å².